The van der Waals surface area contributed by atoms with Crippen molar-refractivity contribution in [1.29, 1.82) is 0 Å². The summed E-state index contributed by atoms with van der Waals surface area (Å²) in [6, 6.07) is 5.42. The molecule has 0 bridgehead atoms. The summed E-state index contributed by atoms with van der Waals surface area (Å²) >= 11 is 11.9. The third-order valence-electron chi connectivity index (χ3n) is 3.82. The van der Waals surface area contributed by atoms with Crippen molar-refractivity contribution >= 4 is 54.7 Å². The predicted molar refractivity (Wildman–Crippen MR) is 107 cm³/mol. The molecule has 9 nitrogen and oxygen atoms in total. The van der Waals surface area contributed by atoms with Gasteiger partial charge in [-0.1, -0.05) is 37.0 Å². The van der Waals surface area contributed by atoms with Gasteiger partial charge in [-0.05, 0) is 30.3 Å². The first kappa shape index (κ1) is 27.3. The fourth-order valence-electron chi connectivity index (χ4n) is 2.35. The average Bonchev–Trinajstić information content (AvgIpc) is 2.63. The van der Waals surface area contributed by atoms with E-state index in [9.17, 15) is 26.5 Å². The van der Waals surface area contributed by atoms with E-state index in [0.29, 0.717) is 0 Å². The Morgan fingerprint density at radius 2 is 1.60 bits per heavy atom. The second-order valence-electron chi connectivity index (χ2n) is 5.63. The van der Waals surface area contributed by atoms with Gasteiger partial charge in [-0.15, -0.1) is 5.11 Å². The first-order valence-electron chi connectivity index (χ1n) is 8.11. The summed E-state index contributed by atoms with van der Waals surface area (Å²) in [5, 5.41) is 17.4. The summed E-state index contributed by atoms with van der Waals surface area (Å²) < 4.78 is 59.6. The number of sulfonamides is 1. The van der Waals surface area contributed by atoms with E-state index < -0.39 is 35.7 Å². The summed E-state index contributed by atoms with van der Waals surface area (Å²) in [7, 11) is -8.70. The van der Waals surface area contributed by atoms with Gasteiger partial charge in [0.15, 0.2) is 5.75 Å². The molecule has 0 radical (unpaired) electrons. The largest absolute Gasteiger partial charge is 1.00 e. The zero-order valence-electron chi connectivity index (χ0n) is 16.2. The Morgan fingerprint density at radius 1 is 1.00 bits per heavy atom. The number of nitrogens with zero attached hydrogens (tertiary/aromatic N) is 3. The molecule has 158 valence electrons. The number of phenolic OH excluding ortho intramolecular Hbond substituents is 1. The molecule has 2 aromatic carbocycles. The van der Waals surface area contributed by atoms with Crippen molar-refractivity contribution in [3.63, 3.8) is 0 Å². The predicted octanol–water partition coefficient (Wildman–Crippen LogP) is 1.05. The second kappa shape index (κ2) is 10.7. The maximum atomic E-state index is 12.7. The molecule has 0 fully saturated rings. The van der Waals surface area contributed by atoms with E-state index in [1.165, 1.54) is 12.1 Å². The number of aromatic hydroxyl groups is 1. The quantitative estimate of drug-likeness (QED) is 0.340. The van der Waals surface area contributed by atoms with Crippen molar-refractivity contribution in [1.82, 2.24) is 4.31 Å². The van der Waals surface area contributed by atoms with Crippen LogP contribution in [0.25, 0.3) is 0 Å². The molecule has 0 spiro atoms. The molecule has 0 aliphatic heterocycles. The van der Waals surface area contributed by atoms with Gasteiger partial charge in [0, 0.05) is 13.1 Å². The number of phenols is 1. The fraction of sp³-hybridized carbons (Fsp3) is 0.250. The van der Waals surface area contributed by atoms with Gasteiger partial charge in [0.2, 0.25) is 10.0 Å². The van der Waals surface area contributed by atoms with E-state index in [2.05, 4.69) is 10.2 Å². The average molecular weight is 504 g/mol. The second-order valence-corrected chi connectivity index (χ2v) is 9.73. The van der Waals surface area contributed by atoms with E-state index in [0.717, 1.165) is 22.5 Å². The van der Waals surface area contributed by atoms with Crippen LogP contribution in [0.5, 0.6) is 5.75 Å². The van der Waals surface area contributed by atoms with Crippen molar-refractivity contribution in [2.24, 2.45) is 10.2 Å². The number of rotatable bonds is 7. The van der Waals surface area contributed by atoms with E-state index >= 15 is 0 Å². The summed E-state index contributed by atoms with van der Waals surface area (Å²) in [6.07, 6.45) is 0. The Morgan fingerprint density at radius 3 is 2.10 bits per heavy atom. The number of halogens is 2. The van der Waals surface area contributed by atoms with E-state index in [4.69, 9.17) is 23.2 Å². The van der Waals surface area contributed by atoms with Crippen LogP contribution in [0.15, 0.2) is 50.4 Å². The third-order valence-corrected chi connectivity index (χ3v) is 7.30. The van der Waals surface area contributed by atoms with Gasteiger partial charge in [0.25, 0.3) is 0 Å². The van der Waals surface area contributed by atoms with Gasteiger partial charge in [-0.2, -0.15) is 9.42 Å². The molecule has 0 saturated heterocycles. The molecule has 0 heterocycles. The Kier molecular flexibility index (Phi) is 9.73. The first-order chi connectivity index (χ1) is 13.4. The van der Waals surface area contributed by atoms with Gasteiger partial charge < -0.3 is 9.66 Å². The van der Waals surface area contributed by atoms with Crippen LogP contribution >= 0.6 is 23.2 Å². The Hall–Kier alpha value is -0.760. The van der Waals surface area contributed by atoms with Crippen LogP contribution < -0.4 is 29.6 Å². The molecule has 0 saturated carbocycles. The van der Waals surface area contributed by atoms with Crippen molar-refractivity contribution in [2.75, 3.05) is 13.1 Å². The Bertz CT molecular complexity index is 1170. The molecule has 2 rings (SSSR count). The van der Waals surface area contributed by atoms with E-state index in [1.807, 2.05) is 0 Å². The number of hydrogen-bond donors (Lipinski definition) is 1. The third kappa shape index (κ3) is 6.15. The van der Waals surface area contributed by atoms with Crippen molar-refractivity contribution in [2.45, 2.75) is 23.6 Å². The van der Waals surface area contributed by atoms with Crippen LogP contribution in [0.4, 0.5) is 11.4 Å². The molecule has 1 N–H and O–H groups in total. The van der Waals surface area contributed by atoms with E-state index in [1.54, 1.807) is 13.8 Å². The van der Waals surface area contributed by atoms with Crippen LogP contribution in [0.1, 0.15) is 13.8 Å². The number of hydrogen-bond acceptors (Lipinski definition) is 8. The van der Waals surface area contributed by atoms with Gasteiger partial charge in [-0.25, -0.2) is 16.8 Å². The molecule has 0 unspecified atom stereocenters. The molecular formula is C16H16Cl2N3NaO6S2. The minimum Gasteiger partial charge on any atom is -0.744 e. The van der Waals surface area contributed by atoms with Gasteiger partial charge in [-0.3, -0.25) is 0 Å². The van der Waals surface area contributed by atoms with Crippen LogP contribution in [0, 0.1) is 0 Å². The van der Waals surface area contributed by atoms with Crippen LogP contribution in [-0.2, 0) is 20.1 Å². The number of azo groups is 1. The van der Waals surface area contributed by atoms with Crippen molar-refractivity contribution < 1.29 is 56.1 Å². The van der Waals surface area contributed by atoms with Gasteiger partial charge >= 0.3 is 29.6 Å². The molecule has 0 amide bonds. The minimum absolute atomic E-state index is 0. The molecule has 0 atom stereocenters. The molecule has 0 aliphatic carbocycles. The van der Waals surface area contributed by atoms with Crippen molar-refractivity contribution in [3.05, 3.63) is 40.4 Å². The van der Waals surface area contributed by atoms with Crippen LogP contribution in [0.2, 0.25) is 10.0 Å². The maximum absolute atomic E-state index is 12.7. The van der Waals surface area contributed by atoms with Crippen LogP contribution in [0.3, 0.4) is 0 Å². The zero-order valence-corrected chi connectivity index (χ0v) is 21.3. The summed E-state index contributed by atoms with van der Waals surface area (Å²) in [6.45, 7) is 3.67. The smallest absolute Gasteiger partial charge is 0.744 e. The molecule has 30 heavy (non-hydrogen) atoms. The summed E-state index contributed by atoms with van der Waals surface area (Å²) in [5.74, 6) is -0.611. The molecule has 0 aliphatic rings. The standard InChI is InChI=1S/C16H17Cl2N3O6S2.Na/c1-3-21(4-2)28(23,24)15-8-10(7-13(18)16(15)22)19-20-14-6-5-11(9-12(14)17)29(25,26)27;/h5-9,22H,3-4H2,1-2H3,(H,25,26,27);/q;+1/p-1. The van der Waals surface area contributed by atoms with Crippen molar-refractivity contribution in [3.8, 4) is 5.75 Å². The zero-order chi connectivity index (χ0) is 22.0. The molecule has 2 aromatic rings. The molecule has 14 heteroatoms. The normalized spacial score (nSPS) is 12.3. The molecule has 0 aromatic heterocycles. The monoisotopic (exact) mass is 503 g/mol. The summed E-state index contributed by atoms with van der Waals surface area (Å²) in [5.41, 5.74) is 0.0477. The van der Waals surface area contributed by atoms with E-state index in [-0.39, 0.29) is 64.1 Å². The topological polar surface area (TPSA) is 140 Å². The Balaban J connectivity index is 0.00000450. The summed E-state index contributed by atoms with van der Waals surface area (Å²) in [4.78, 5) is -0.955. The van der Waals surface area contributed by atoms with Crippen LogP contribution in [-0.4, -0.2) is 43.9 Å². The van der Waals surface area contributed by atoms with Gasteiger partial charge in [0.05, 0.1) is 20.6 Å². The first-order valence-corrected chi connectivity index (χ1v) is 11.7. The molecular weight excluding hydrogens is 488 g/mol. The Labute approximate surface area is 206 Å². The minimum atomic E-state index is -4.68. The maximum Gasteiger partial charge on any atom is 1.00 e. The SMILES string of the molecule is CCN(CC)S(=O)(=O)c1cc(N=Nc2ccc(S(=O)(=O)[O-])cc2Cl)cc(Cl)c1O.[Na+]. The van der Waals surface area contributed by atoms with Gasteiger partial charge in [0.1, 0.15) is 20.7 Å². The fourth-order valence-corrected chi connectivity index (χ4v) is 4.98. The number of benzene rings is 2.